The number of anilines is 1. The molecule has 7 nitrogen and oxygen atoms in total. The van der Waals surface area contributed by atoms with E-state index in [0.29, 0.717) is 15.6 Å². The van der Waals surface area contributed by atoms with Crippen molar-refractivity contribution in [2.75, 3.05) is 17.9 Å². The number of likely N-dealkylation sites (N-methyl/N-ethyl adjacent to an activating group) is 1. The number of nitrogens with zero attached hydrogens (tertiary/aromatic N) is 2. The van der Waals surface area contributed by atoms with Crippen LogP contribution in [-0.4, -0.2) is 44.8 Å². The number of carbonyl (C=O) groups excluding carboxylic acids is 2. The first-order chi connectivity index (χ1) is 16.6. The van der Waals surface area contributed by atoms with E-state index in [1.165, 1.54) is 36.2 Å². The Morgan fingerprint density at radius 1 is 0.914 bits per heavy atom. The van der Waals surface area contributed by atoms with Gasteiger partial charge < -0.3 is 10.2 Å². The zero-order valence-corrected chi connectivity index (χ0v) is 21.5. The maximum absolute atomic E-state index is 13.6. The van der Waals surface area contributed by atoms with E-state index in [9.17, 15) is 18.0 Å². The van der Waals surface area contributed by atoms with Crippen LogP contribution in [0.4, 0.5) is 5.69 Å². The largest absolute Gasteiger partial charge is 0.357 e. The molecule has 1 N–H and O–H groups in total. The summed E-state index contributed by atoms with van der Waals surface area (Å²) in [6.45, 7) is 1.12. The number of amides is 2. The predicted molar refractivity (Wildman–Crippen MR) is 138 cm³/mol. The molecule has 0 saturated carbocycles. The molecule has 0 bridgehead atoms. The average molecular weight is 534 g/mol. The minimum absolute atomic E-state index is 0.0310. The quantitative estimate of drug-likeness (QED) is 0.442. The molecule has 1 unspecified atom stereocenters. The number of nitrogens with one attached hydrogen (secondary N) is 1. The maximum Gasteiger partial charge on any atom is 0.264 e. The van der Waals surface area contributed by atoms with Gasteiger partial charge in [-0.25, -0.2) is 8.42 Å². The van der Waals surface area contributed by atoms with E-state index in [1.807, 2.05) is 0 Å². The zero-order chi connectivity index (χ0) is 25.6. The van der Waals surface area contributed by atoms with Gasteiger partial charge in [-0.2, -0.15) is 0 Å². The Bertz CT molecular complexity index is 1290. The van der Waals surface area contributed by atoms with Crippen LogP contribution in [0.25, 0.3) is 0 Å². The molecule has 0 spiro atoms. The van der Waals surface area contributed by atoms with Gasteiger partial charge in [0, 0.05) is 23.6 Å². The van der Waals surface area contributed by atoms with Crippen LogP contribution in [0.3, 0.4) is 0 Å². The van der Waals surface area contributed by atoms with E-state index in [1.54, 1.807) is 61.5 Å². The van der Waals surface area contributed by atoms with Crippen LogP contribution in [0.2, 0.25) is 10.0 Å². The second kappa shape index (κ2) is 11.6. The van der Waals surface area contributed by atoms with Crippen LogP contribution in [0.15, 0.2) is 83.8 Å². The molecule has 0 fully saturated rings. The fourth-order valence-electron chi connectivity index (χ4n) is 3.48. The van der Waals surface area contributed by atoms with Gasteiger partial charge >= 0.3 is 0 Å². The van der Waals surface area contributed by atoms with Crippen molar-refractivity contribution in [2.45, 2.75) is 24.4 Å². The molecule has 0 aliphatic heterocycles. The van der Waals surface area contributed by atoms with Gasteiger partial charge in [-0.3, -0.25) is 13.9 Å². The Balaban J connectivity index is 2.01. The molecule has 3 rings (SSSR count). The second-order valence-corrected chi connectivity index (χ2v) is 10.5. The fourth-order valence-corrected chi connectivity index (χ4v) is 5.25. The minimum atomic E-state index is -4.11. The lowest BCUT2D eigenvalue weighted by Crippen LogP contribution is -2.50. The van der Waals surface area contributed by atoms with Crippen molar-refractivity contribution >= 4 is 50.7 Å². The summed E-state index contributed by atoms with van der Waals surface area (Å²) in [5.74, 6) is -0.945. The highest BCUT2D eigenvalue weighted by atomic mass is 35.5. The zero-order valence-electron chi connectivity index (χ0n) is 19.2. The van der Waals surface area contributed by atoms with Crippen LogP contribution in [0.5, 0.6) is 0 Å². The minimum Gasteiger partial charge on any atom is -0.357 e. The first-order valence-electron chi connectivity index (χ1n) is 10.7. The fraction of sp³-hybridized carbons (Fsp3) is 0.200. The molecule has 35 heavy (non-hydrogen) atoms. The van der Waals surface area contributed by atoms with Crippen molar-refractivity contribution in [1.82, 2.24) is 10.2 Å². The highest BCUT2D eigenvalue weighted by Gasteiger charge is 2.32. The molecule has 10 heteroatoms. The van der Waals surface area contributed by atoms with Crippen LogP contribution >= 0.6 is 23.2 Å². The van der Waals surface area contributed by atoms with Gasteiger partial charge in [0.15, 0.2) is 0 Å². The number of hydrogen-bond donors (Lipinski definition) is 1. The van der Waals surface area contributed by atoms with Crippen LogP contribution in [0.1, 0.15) is 12.5 Å². The van der Waals surface area contributed by atoms with E-state index in [4.69, 9.17) is 23.2 Å². The molecule has 0 aromatic heterocycles. The molecule has 0 aliphatic rings. The molecular formula is C25H25Cl2N3O4S. The van der Waals surface area contributed by atoms with Crippen molar-refractivity contribution in [3.05, 3.63) is 94.5 Å². The Labute approximate surface area is 215 Å². The van der Waals surface area contributed by atoms with Crippen molar-refractivity contribution < 1.29 is 18.0 Å². The van der Waals surface area contributed by atoms with Crippen molar-refractivity contribution in [2.24, 2.45) is 0 Å². The highest BCUT2D eigenvalue weighted by molar-refractivity contribution is 7.92. The number of hydrogen-bond acceptors (Lipinski definition) is 4. The number of halogens is 2. The summed E-state index contributed by atoms with van der Waals surface area (Å²) >= 11 is 12.1. The van der Waals surface area contributed by atoms with Crippen molar-refractivity contribution in [1.29, 1.82) is 0 Å². The lowest BCUT2D eigenvalue weighted by Gasteiger charge is -2.31. The van der Waals surface area contributed by atoms with E-state index in [2.05, 4.69) is 5.32 Å². The summed E-state index contributed by atoms with van der Waals surface area (Å²) in [4.78, 5) is 27.4. The van der Waals surface area contributed by atoms with Gasteiger partial charge in [-0.05, 0) is 61.0 Å². The first kappa shape index (κ1) is 26.5. The molecule has 2 amide bonds. The Morgan fingerprint density at radius 3 is 2.17 bits per heavy atom. The predicted octanol–water partition coefficient (Wildman–Crippen LogP) is 4.35. The normalized spacial score (nSPS) is 12.0. The third kappa shape index (κ3) is 6.54. The Kier molecular flexibility index (Phi) is 8.77. The molecule has 0 aliphatic carbocycles. The second-order valence-electron chi connectivity index (χ2n) is 7.74. The summed E-state index contributed by atoms with van der Waals surface area (Å²) < 4.78 is 28.1. The SMILES string of the molecule is CNC(=O)C(C)N(Cc1cccc(Cl)c1)C(=O)CN(c1ccc(Cl)cc1)S(=O)(=O)c1ccccc1. The Morgan fingerprint density at radius 2 is 1.57 bits per heavy atom. The molecule has 184 valence electrons. The van der Waals surface area contributed by atoms with Gasteiger partial charge in [0.05, 0.1) is 10.6 Å². The standard InChI is InChI=1S/C25H25Cl2N3O4S/c1-18(25(32)28-2)29(16-19-7-6-8-21(27)15-19)24(31)17-30(22-13-11-20(26)12-14-22)35(33,34)23-9-4-3-5-10-23/h3-15,18H,16-17H2,1-2H3,(H,28,32). The molecule has 3 aromatic rings. The highest BCUT2D eigenvalue weighted by Crippen LogP contribution is 2.26. The summed E-state index contributed by atoms with van der Waals surface area (Å²) in [6, 6.07) is 20.0. The van der Waals surface area contributed by atoms with Crippen LogP contribution in [0, 0.1) is 0 Å². The number of benzene rings is 3. The summed E-state index contributed by atoms with van der Waals surface area (Å²) in [7, 11) is -2.63. The molecule has 1 atom stereocenters. The monoisotopic (exact) mass is 533 g/mol. The number of carbonyl (C=O) groups is 2. The topological polar surface area (TPSA) is 86.8 Å². The Hall–Kier alpha value is -3.07. The third-order valence-electron chi connectivity index (χ3n) is 5.38. The summed E-state index contributed by atoms with van der Waals surface area (Å²) in [5, 5.41) is 3.45. The van der Waals surface area contributed by atoms with Crippen LogP contribution in [-0.2, 0) is 26.2 Å². The van der Waals surface area contributed by atoms with Crippen molar-refractivity contribution in [3.63, 3.8) is 0 Å². The molecule has 0 radical (unpaired) electrons. The van der Waals surface area contributed by atoms with Gasteiger partial charge in [-0.1, -0.05) is 53.5 Å². The lowest BCUT2D eigenvalue weighted by molar-refractivity contribution is -0.139. The molecule has 0 saturated heterocycles. The molecular weight excluding hydrogens is 509 g/mol. The lowest BCUT2D eigenvalue weighted by atomic mass is 10.1. The van der Waals surface area contributed by atoms with Gasteiger partial charge in [-0.15, -0.1) is 0 Å². The third-order valence-corrected chi connectivity index (χ3v) is 7.66. The van der Waals surface area contributed by atoms with Gasteiger partial charge in [0.2, 0.25) is 11.8 Å². The van der Waals surface area contributed by atoms with Gasteiger partial charge in [0.25, 0.3) is 10.0 Å². The van der Waals surface area contributed by atoms with Crippen molar-refractivity contribution in [3.8, 4) is 0 Å². The number of rotatable bonds is 9. The van der Waals surface area contributed by atoms with E-state index < -0.39 is 28.5 Å². The average Bonchev–Trinajstić information content (AvgIpc) is 2.86. The van der Waals surface area contributed by atoms with E-state index in [0.717, 1.165) is 4.31 Å². The number of sulfonamides is 1. The van der Waals surface area contributed by atoms with E-state index >= 15 is 0 Å². The van der Waals surface area contributed by atoms with Crippen LogP contribution < -0.4 is 9.62 Å². The van der Waals surface area contributed by atoms with Gasteiger partial charge in [0.1, 0.15) is 12.6 Å². The maximum atomic E-state index is 13.6. The summed E-state index contributed by atoms with van der Waals surface area (Å²) in [5.41, 5.74) is 0.965. The van der Waals surface area contributed by atoms with E-state index in [-0.39, 0.29) is 23.0 Å². The molecule has 0 heterocycles. The molecule has 3 aromatic carbocycles. The first-order valence-corrected chi connectivity index (χ1v) is 12.9. The smallest absolute Gasteiger partial charge is 0.264 e. The summed E-state index contributed by atoms with van der Waals surface area (Å²) in [6.07, 6.45) is 0.